The van der Waals surface area contributed by atoms with Gasteiger partial charge < -0.3 is 10.2 Å². The number of hydrogen-bond acceptors (Lipinski definition) is 5. The van der Waals surface area contributed by atoms with E-state index in [-0.39, 0.29) is 29.0 Å². The van der Waals surface area contributed by atoms with Gasteiger partial charge >= 0.3 is 0 Å². The zero-order valence-electron chi connectivity index (χ0n) is 17.9. The SMILES string of the molecule is O=C(CCNC(=O)C12CC3CC(CC(C3)C1)C2)N1CCN(C2CCS(=O)(=O)C2)CC1. The Balaban J connectivity index is 1.06. The number of nitrogens with zero attached hydrogens (tertiary/aromatic N) is 2. The van der Waals surface area contributed by atoms with Crippen LogP contribution >= 0.6 is 0 Å². The first kappa shape index (κ1) is 20.7. The summed E-state index contributed by atoms with van der Waals surface area (Å²) in [4.78, 5) is 29.7. The molecule has 4 saturated carbocycles. The van der Waals surface area contributed by atoms with Gasteiger partial charge in [-0.25, -0.2) is 8.42 Å². The Morgan fingerprint density at radius 2 is 1.53 bits per heavy atom. The van der Waals surface area contributed by atoms with Crippen LogP contribution in [0.2, 0.25) is 0 Å². The molecule has 1 atom stereocenters. The van der Waals surface area contributed by atoms with Crippen molar-refractivity contribution in [1.29, 1.82) is 0 Å². The van der Waals surface area contributed by atoms with Gasteiger partial charge in [-0.2, -0.15) is 0 Å². The van der Waals surface area contributed by atoms with E-state index in [0.29, 0.717) is 38.2 Å². The largest absolute Gasteiger partial charge is 0.355 e. The van der Waals surface area contributed by atoms with E-state index in [9.17, 15) is 18.0 Å². The third-order valence-corrected chi connectivity index (χ3v) is 10.3. The van der Waals surface area contributed by atoms with Gasteiger partial charge in [-0.05, 0) is 62.7 Å². The first-order chi connectivity index (χ1) is 14.3. The maximum atomic E-state index is 13.0. The summed E-state index contributed by atoms with van der Waals surface area (Å²) in [7, 11) is -2.87. The van der Waals surface area contributed by atoms with Gasteiger partial charge in [-0.15, -0.1) is 0 Å². The molecule has 0 aromatic heterocycles. The highest BCUT2D eigenvalue weighted by Gasteiger charge is 2.54. The van der Waals surface area contributed by atoms with Crippen molar-refractivity contribution in [2.75, 3.05) is 44.2 Å². The van der Waals surface area contributed by atoms with Crippen LogP contribution in [-0.4, -0.2) is 80.3 Å². The van der Waals surface area contributed by atoms with Crippen LogP contribution in [0.1, 0.15) is 51.4 Å². The van der Waals surface area contributed by atoms with Crippen molar-refractivity contribution in [3.05, 3.63) is 0 Å². The highest BCUT2D eigenvalue weighted by atomic mass is 32.2. The maximum Gasteiger partial charge on any atom is 0.226 e. The van der Waals surface area contributed by atoms with Crippen LogP contribution in [0.4, 0.5) is 0 Å². The van der Waals surface area contributed by atoms with Gasteiger partial charge in [0.1, 0.15) is 0 Å². The number of nitrogens with one attached hydrogen (secondary N) is 1. The lowest BCUT2D eigenvalue weighted by Crippen LogP contribution is -2.54. The Bertz CT molecular complexity index is 768. The van der Waals surface area contributed by atoms with Gasteiger partial charge in [-0.3, -0.25) is 14.5 Å². The number of carbonyl (C=O) groups is 2. The molecule has 2 amide bonds. The van der Waals surface area contributed by atoms with Crippen molar-refractivity contribution in [3.63, 3.8) is 0 Å². The van der Waals surface area contributed by atoms with Gasteiger partial charge in [0.25, 0.3) is 0 Å². The van der Waals surface area contributed by atoms with Crippen molar-refractivity contribution >= 4 is 21.7 Å². The molecule has 6 rings (SSSR count). The third-order valence-electron chi connectivity index (χ3n) is 8.54. The maximum absolute atomic E-state index is 13.0. The molecule has 2 aliphatic heterocycles. The molecular weight excluding hydrogens is 402 g/mol. The molecule has 2 heterocycles. The molecule has 4 bridgehead atoms. The standard InChI is InChI=1S/C22H35N3O4S/c26-20(25-6-4-24(5-7-25)19-2-8-30(28,29)15-19)1-3-23-21(27)22-12-16-9-17(13-22)11-18(10-16)14-22/h16-19H,1-15H2,(H,23,27). The second-order valence-electron chi connectivity index (χ2n) is 10.7. The smallest absolute Gasteiger partial charge is 0.226 e. The third kappa shape index (κ3) is 4.01. The van der Waals surface area contributed by atoms with E-state index < -0.39 is 9.84 Å². The van der Waals surface area contributed by atoms with Crippen LogP contribution in [0, 0.1) is 23.2 Å². The van der Waals surface area contributed by atoms with Crippen molar-refractivity contribution < 1.29 is 18.0 Å². The summed E-state index contributed by atoms with van der Waals surface area (Å²) in [6, 6.07) is 0.117. The molecule has 6 fully saturated rings. The highest BCUT2D eigenvalue weighted by molar-refractivity contribution is 7.91. The Labute approximate surface area is 179 Å². The lowest BCUT2D eigenvalue weighted by molar-refractivity contribution is -0.146. The number of amides is 2. The molecule has 2 saturated heterocycles. The van der Waals surface area contributed by atoms with E-state index >= 15 is 0 Å². The predicted octanol–water partition coefficient (Wildman–Crippen LogP) is 1.04. The molecule has 0 aromatic carbocycles. The zero-order valence-corrected chi connectivity index (χ0v) is 18.7. The van der Waals surface area contributed by atoms with Crippen LogP contribution in [-0.2, 0) is 19.4 Å². The van der Waals surface area contributed by atoms with Crippen molar-refractivity contribution in [2.24, 2.45) is 23.2 Å². The second kappa shape index (κ2) is 7.76. The quantitative estimate of drug-likeness (QED) is 0.695. The normalized spacial score (nSPS) is 39.9. The first-order valence-corrected chi connectivity index (χ1v) is 13.6. The number of carbonyl (C=O) groups excluding carboxylic acids is 2. The van der Waals surface area contributed by atoms with Crippen LogP contribution in [0.5, 0.6) is 0 Å². The predicted molar refractivity (Wildman–Crippen MR) is 113 cm³/mol. The molecule has 0 radical (unpaired) electrons. The van der Waals surface area contributed by atoms with Crippen LogP contribution in [0.3, 0.4) is 0 Å². The van der Waals surface area contributed by atoms with Crippen LogP contribution in [0.15, 0.2) is 0 Å². The highest BCUT2D eigenvalue weighted by Crippen LogP contribution is 2.60. The second-order valence-corrected chi connectivity index (χ2v) is 12.9. The summed E-state index contributed by atoms with van der Waals surface area (Å²) in [6.45, 7) is 3.22. The molecule has 6 aliphatic rings. The van der Waals surface area contributed by atoms with E-state index in [1.165, 1.54) is 19.3 Å². The zero-order chi connectivity index (χ0) is 20.9. The molecule has 1 unspecified atom stereocenters. The Kier molecular flexibility index (Phi) is 5.37. The summed E-state index contributed by atoms with van der Waals surface area (Å²) in [5, 5.41) is 3.11. The van der Waals surface area contributed by atoms with E-state index in [1.54, 1.807) is 0 Å². The topological polar surface area (TPSA) is 86.8 Å². The van der Waals surface area contributed by atoms with E-state index in [2.05, 4.69) is 10.2 Å². The molecule has 1 N–H and O–H groups in total. The van der Waals surface area contributed by atoms with Gasteiger partial charge in [0.15, 0.2) is 9.84 Å². The van der Waals surface area contributed by atoms with Gasteiger partial charge in [0, 0.05) is 50.6 Å². The van der Waals surface area contributed by atoms with Gasteiger partial charge in [0.05, 0.1) is 11.5 Å². The molecule has 0 spiro atoms. The van der Waals surface area contributed by atoms with E-state index in [4.69, 9.17) is 0 Å². The summed E-state index contributed by atoms with van der Waals surface area (Å²) in [5.41, 5.74) is -0.148. The minimum atomic E-state index is -2.87. The Hall–Kier alpha value is -1.15. The summed E-state index contributed by atoms with van der Waals surface area (Å²) in [5.74, 6) is 3.08. The van der Waals surface area contributed by atoms with E-state index in [1.807, 2.05) is 4.90 Å². The van der Waals surface area contributed by atoms with Crippen molar-refractivity contribution in [3.8, 4) is 0 Å². The summed E-state index contributed by atoms with van der Waals surface area (Å²) >= 11 is 0. The monoisotopic (exact) mass is 437 g/mol. The van der Waals surface area contributed by atoms with E-state index in [0.717, 1.165) is 50.1 Å². The molecular formula is C22H35N3O4S. The van der Waals surface area contributed by atoms with Gasteiger partial charge in [0.2, 0.25) is 11.8 Å². The molecule has 30 heavy (non-hydrogen) atoms. The Morgan fingerprint density at radius 3 is 2.07 bits per heavy atom. The van der Waals surface area contributed by atoms with Gasteiger partial charge in [-0.1, -0.05) is 0 Å². The van der Waals surface area contributed by atoms with Crippen molar-refractivity contribution in [1.82, 2.24) is 15.1 Å². The molecule has 7 nitrogen and oxygen atoms in total. The average molecular weight is 438 g/mol. The lowest BCUT2D eigenvalue weighted by Gasteiger charge is -2.55. The fourth-order valence-electron chi connectivity index (χ4n) is 7.42. The minimum Gasteiger partial charge on any atom is -0.355 e. The number of piperazine rings is 1. The molecule has 8 heteroatoms. The summed E-state index contributed by atoms with van der Waals surface area (Å²) < 4.78 is 23.4. The molecule has 4 aliphatic carbocycles. The summed E-state index contributed by atoms with van der Waals surface area (Å²) in [6.07, 6.45) is 8.20. The Morgan fingerprint density at radius 1 is 0.933 bits per heavy atom. The first-order valence-electron chi connectivity index (χ1n) is 11.8. The minimum absolute atomic E-state index is 0.0968. The lowest BCUT2D eigenvalue weighted by atomic mass is 9.49. The van der Waals surface area contributed by atoms with Crippen LogP contribution in [0.25, 0.3) is 0 Å². The van der Waals surface area contributed by atoms with Crippen LogP contribution < -0.4 is 5.32 Å². The number of hydrogen-bond donors (Lipinski definition) is 1. The molecule has 168 valence electrons. The average Bonchev–Trinajstić information content (AvgIpc) is 3.06. The van der Waals surface area contributed by atoms with Crippen molar-refractivity contribution in [2.45, 2.75) is 57.4 Å². The number of rotatable bonds is 5. The molecule has 0 aromatic rings. The number of sulfone groups is 1. The fraction of sp³-hybridized carbons (Fsp3) is 0.909. The fourth-order valence-corrected chi connectivity index (χ4v) is 9.18.